The highest BCUT2D eigenvalue weighted by Gasteiger charge is 2.23. The van der Waals surface area contributed by atoms with Crippen LogP contribution in [0.3, 0.4) is 0 Å². The van der Waals surface area contributed by atoms with Crippen LogP contribution in [-0.4, -0.2) is 36.1 Å². The number of hydrogen-bond acceptors (Lipinski definition) is 4. The highest BCUT2D eigenvalue weighted by molar-refractivity contribution is 7.18. The molecule has 124 valence electrons. The zero-order chi connectivity index (χ0) is 16.5. The molecule has 24 heavy (non-hydrogen) atoms. The normalized spacial score (nSPS) is 16.0. The van der Waals surface area contributed by atoms with Crippen LogP contribution in [0.1, 0.15) is 16.3 Å². The van der Waals surface area contributed by atoms with E-state index in [2.05, 4.69) is 53.2 Å². The number of benzene rings is 1. The lowest BCUT2D eigenvalue weighted by atomic mass is 10.2. The molecule has 0 amide bonds. The van der Waals surface area contributed by atoms with E-state index in [1.54, 1.807) is 16.2 Å². The van der Waals surface area contributed by atoms with E-state index in [1.165, 1.54) is 15.8 Å². The lowest BCUT2D eigenvalue weighted by Crippen LogP contribution is -3.13. The minimum Gasteiger partial charge on any atom is -0.345 e. The van der Waals surface area contributed by atoms with Crippen LogP contribution < -0.4 is 9.80 Å². The molecular weight excluding hydrogens is 316 g/mol. The number of aryl methyl sites for hydroxylation is 2. The maximum atomic E-state index is 4.76. The summed E-state index contributed by atoms with van der Waals surface area (Å²) < 4.78 is 0. The van der Waals surface area contributed by atoms with Crippen molar-refractivity contribution in [1.82, 2.24) is 9.97 Å². The van der Waals surface area contributed by atoms with Crippen LogP contribution in [0, 0.1) is 13.8 Å². The predicted molar refractivity (Wildman–Crippen MR) is 99.9 cm³/mol. The van der Waals surface area contributed by atoms with Gasteiger partial charge >= 0.3 is 0 Å². The fourth-order valence-corrected chi connectivity index (χ4v) is 4.39. The van der Waals surface area contributed by atoms with Gasteiger partial charge in [0.05, 0.1) is 31.6 Å². The third-order valence-corrected chi connectivity index (χ3v) is 5.62. The molecule has 1 fully saturated rings. The molecular formula is C19H23N4S+. The van der Waals surface area contributed by atoms with Crippen molar-refractivity contribution in [2.24, 2.45) is 0 Å². The van der Waals surface area contributed by atoms with Crippen LogP contribution in [-0.2, 0) is 6.54 Å². The summed E-state index contributed by atoms with van der Waals surface area (Å²) in [4.78, 5) is 15.9. The number of piperazine rings is 1. The number of fused-ring (bicyclic) bond motifs is 1. The van der Waals surface area contributed by atoms with E-state index in [0.29, 0.717) is 0 Å². The van der Waals surface area contributed by atoms with E-state index >= 15 is 0 Å². The van der Waals surface area contributed by atoms with Crippen molar-refractivity contribution in [2.75, 3.05) is 31.1 Å². The molecule has 1 aliphatic heterocycles. The van der Waals surface area contributed by atoms with E-state index in [4.69, 9.17) is 4.98 Å². The molecule has 0 bridgehead atoms. The van der Waals surface area contributed by atoms with E-state index < -0.39 is 0 Å². The van der Waals surface area contributed by atoms with Crippen LogP contribution >= 0.6 is 11.3 Å². The summed E-state index contributed by atoms with van der Waals surface area (Å²) in [7, 11) is 0. The smallest absolute Gasteiger partial charge is 0.141 e. The third kappa shape index (κ3) is 3.14. The molecule has 4 rings (SSSR count). The summed E-state index contributed by atoms with van der Waals surface area (Å²) in [6.45, 7) is 9.68. The van der Waals surface area contributed by atoms with Crippen LogP contribution in [0.2, 0.25) is 0 Å². The van der Waals surface area contributed by atoms with Gasteiger partial charge in [-0.1, -0.05) is 30.3 Å². The van der Waals surface area contributed by atoms with Crippen LogP contribution in [0.25, 0.3) is 10.2 Å². The van der Waals surface area contributed by atoms with E-state index in [-0.39, 0.29) is 0 Å². The van der Waals surface area contributed by atoms with Crippen molar-refractivity contribution in [3.05, 3.63) is 52.7 Å². The molecule has 2 aromatic heterocycles. The van der Waals surface area contributed by atoms with Crippen molar-refractivity contribution >= 4 is 27.4 Å². The lowest BCUT2D eigenvalue weighted by molar-refractivity contribution is -0.914. The molecule has 1 saturated heterocycles. The van der Waals surface area contributed by atoms with E-state index in [9.17, 15) is 0 Å². The van der Waals surface area contributed by atoms with Gasteiger partial charge in [-0.05, 0) is 19.9 Å². The fourth-order valence-electron chi connectivity index (χ4n) is 3.47. The van der Waals surface area contributed by atoms with Gasteiger partial charge in [0.25, 0.3) is 0 Å². The van der Waals surface area contributed by atoms with Crippen molar-refractivity contribution in [1.29, 1.82) is 0 Å². The highest BCUT2D eigenvalue weighted by Crippen LogP contribution is 2.30. The van der Waals surface area contributed by atoms with Gasteiger partial charge < -0.3 is 9.80 Å². The Kier molecular flexibility index (Phi) is 4.21. The highest BCUT2D eigenvalue weighted by atomic mass is 32.1. The predicted octanol–water partition coefficient (Wildman–Crippen LogP) is 2.21. The first kappa shape index (κ1) is 15.5. The summed E-state index contributed by atoms with van der Waals surface area (Å²) in [6.07, 6.45) is 0. The molecule has 3 aromatic rings. The Balaban J connectivity index is 1.50. The second kappa shape index (κ2) is 6.49. The van der Waals surface area contributed by atoms with Crippen molar-refractivity contribution < 1.29 is 4.90 Å². The minimum atomic E-state index is 0.874. The van der Waals surface area contributed by atoms with Gasteiger partial charge in [0.1, 0.15) is 23.0 Å². The fraction of sp³-hybridized carbons (Fsp3) is 0.368. The van der Waals surface area contributed by atoms with Gasteiger partial charge in [-0.25, -0.2) is 9.97 Å². The Morgan fingerprint density at radius 1 is 1.08 bits per heavy atom. The first-order valence-electron chi connectivity index (χ1n) is 8.56. The minimum absolute atomic E-state index is 0.874. The maximum Gasteiger partial charge on any atom is 0.141 e. The SMILES string of the molecule is Cc1nc(N2CC[NH+](Cc3ccccc3)CC2)c2cc(C)sc2n1. The summed E-state index contributed by atoms with van der Waals surface area (Å²) in [6, 6.07) is 13.0. The van der Waals surface area contributed by atoms with Gasteiger partial charge in [0, 0.05) is 10.4 Å². The second-order valence-corrected chi connectivity index (χ2v) is 7.80. The Morgan fingerprint density at radius 3 is 2.58 bits per heavy atom. The first-order valence-corrected chi connectivity index (χ1v) is 9.38. The maximum absolute atomic E-state index is 4.76. The summed E-state index contributed by atoms with van der Waals surface area (Å²) in [5.74, 6) is 2.00. The summed E-state index contributed by atoms with van der Waals surface area (Å²) in [5, 5.41) is 1.22. The Hall–Kier alpha value is -1.98. The van der Waals surface area contributed by atoms with E-state index in [1.807, 2.05) is 6.92 Å². The number of nitrogens with one attached hydrogen (secondary N) is 1. The molecule has 0 radical (unpaired) electrons. The number of thiophene rings is 1. The standard InChI is InChI=1S/C19H22N4S/c1-14-12-17-18(20-15(2)21-19(17)24-14)23-10-8-22(9-11-23)13-16-6-4-3-5-7-16/h3-7,12H,8-11,13H2,1-2H3/p+1. The molecule has 1 aromatic carbocycles. The molecule has 0 spiro atoms. The van der Waals surface area contributed by atoms with Crippen molar-refractivity contribution in [3.63, 3.8) is 0 Å². The number of hydrogen-bond donors (Lipinski definition) is 1. The summed E-state index contributed by atoms with van der Waals surface area (Å²) in [5.41, 5.74) is 1.43. The molecule has 0 atom stereocenters. The number of rotatable bonds is 3. The second-order valence-electron chi connectivity index (χ2n) is 6.57. The Bertz CT molecular complexity index is 835. The van der Waals surface area contributed by atoms with Gasteiger partial charge in [0.2, 0.25) is 0 Å². The topological polar surface area (TPSA) is 33.5 Å². The zero-order valence-electron chi connectivity index (χ0n) is 14.2. The van der Waals surface area contributed by atoms with Gasteiger partial charge in [-0.15, -0.1) is 11.3 Å². The largest absolute Gasteiger partial charge is 0.345 e. The lowest BCUT2D eigenvalue weighted by Gasteiger charge is -2.33. The monoisotopic (exact) mass is 339 g/mol. The number of quaternary nitrogens is 1. The number of aromatic nitrogens is 2. The molecule has 3 heterocycles. The number of anilines is 1. The molecule has 1 N–H and O–H groups in total. The van der Waals surface area contributed by atoms with Gasteiger partial charge in [0.15, 0.2) is 0 Å². The molecule has 0 aliphatic carbocycles. The molecule has 4 nitrogen and oxygen atoms in total. The number of nitrogens with zero attached hydrogens (tertiary/aromatic N) is 3. The average Bonchev–Trinajstić information content (AvgIpc) is 2.96. The summed E-state index contributed by atoms with van der Waals surface area (Å²) >= 11 is 1.76. The molecule has 1 aliphatic rings. The Morgan fingerprint density at radius 2 is 1.83 bits per heavy atom. The van der Waals surface area contributed by atoms with Crippen molar-refractivity contribution in [2.45, 2.75) is 20.4 Å². The molecule has 0 unspecified atom stereocenters. The van der Waals surface area contributed by atoms with Crippen LogP contribution in [0.4, 0.5) is 5.82 Å². The van der Waals surface area contributed by atoms with Gasteiger partial charge in [-0.3, -0.25) is 0 Å². The van der Waals surface area contributed by atoms with Crippen molar-refractivity contribution in [3.8, 4) is 0 Å². The third-order valence-electron chi connectivity index (χ3n) is 4.67. The van der Waals surface area contributed by atoms with Gasteiger partial charge in [-0.2, -0.15) is 0 Å². The Labute approximate surface area is 146 Å². The quantitative estimate of drug-likeness (QED) is 0.794. The average molecular weight is 339 g/mol. The van der Waals surface area contributed by atoms with Crippen LogP contribution in [0.5, 0.6) is 0 Å². The molecule has 0 saturated carbocycles. The zero-order valence-corrected chi connectivity index (χ0v) is 15.1. The van der Waals surface area contributed by atoms with Crippen LogP contribution in [0.15, 0.2) is 36.4 Å². The van der Waals surface area contributed by atoms with E-state index in [0.717, 1.165) is 49.2 Å². The molecule has 5 heteroatoms. The first-order chi connectivity index (χ1) is 11.7.